The van der Waals surface area contributed by atoms with E-state index in [0.717, 1.165) is 0 Å². The van der Waals surface area contributed by atoms with Crippen LogP contribution in [0.4, 0.5) is 5.69 Å². The maximum atomic E-state index is 11.8. The molecule has 1 saturated heterocycles. The number of rotatable bonds is 2. The van der Waals surface area contributed by atoms with Crippen molar-refractivity contribution in [3.63, 3.8) is 0 Å². The molecule has 1 amide bonds. The molecule has 98 valence electrons. The SMILES string of the molecule is O=C(O)C1CC(=O)N(c2ccc3[nH][nH]c(=O)c3c2)C1. The van der Waals surface area contributed by atoms with Gasteiger partial charge in [0.2, 0.25) is 5.91 Å². The lowest BCUT2D eigenvalue weighted by molar-refractivity contribution is -0.141. The minimum Gasteiger partial charge on any atom is -0.481 e. The summed E-state index contributed by atoms with van der Waals surface area (Å²) in [5, 5.41) is 14.6. The second-order valence-electron chi connectivity index (χ2n) is 4.55. The molecule has 1 aromatic carbocycles. The molecule has 1 aliphatic rings. The molecule has 19 heavy (non-hydrogen) atoms. The number of nitrogens with zero attached hydrogens (tertiary/aromatic N) is 1. The van der Waals surface area contributed by atoms with Crippen LogP contribution in [0.2, 0.25) is 0 Å². The van der Waals surface area contributed by atoms with Gasteiger partial charge < -0.3 is 10.0 Å². The molecule has 0 spiro atoms. The van der Waals surface area contributed by atoms with Crippen LogP contribution in [0.15, 0.2) is 23.0 Å². The van der Waals surface area contributed by atoms with E-state index in [0.29, 0.717) is 16.6 Å². The number of hydrogen-bond acceptors (Lipinski definition) is 3. The number of aromatic amines is 2. The second kappa shape index (κ2) is 3.98. The number of aliphatic carboxylic acids is 1. The van der Waals surface area contributed by atoms with Gasteiger partial charge in [-0.1, -0.05) is 0 Å². The van der Waals surface area contributed by atoms with Crippen LogP contribution in [0.3, 0.4) is 0 Å². The van der Waals surface area contributed by atoms with E-state index in [2.05, 4.69) is 10.2 Å². The number of hydrogen-bond donors (Lipinski definition) is 3. The molecule has 0 bridgehead atoms. The zero-order valence-corrected chi connectivity index (χ0v) is 9.84. The van der Waals surface area contributed by atoms with Crippen molar-refractivity contribution in [3.8, 4) is 0 Å². The zero-order chi connectivity index (χ0) is 13.6. The van der Waals surface area contributed by atoms with Crippen molar-refractivity contribution >= 4 is 28.5 Å². The van der Waals surface area contributed by atoms with Crippen LogP contribution in [0.25, 0.3) is 10.9 Å². The third-order valence-corrected chi connectivity index (χ3v) is 3.34. The molecule has 1 aliphatic heterocycles. The number of carbonyl (C=O) groups excluding carboxylic acids is 1. The Labute approximate surface area is 106 Å². The summed E-state index contributed by atoms with van der Waals surface area (Å²) >= 11 is 0. The summed E-state index contributed by atoms with van der Waals surface area (Å²) in [6.07, 6.45) is -0.00311. The summed E-state index contributed by atoms with van der Waals surface area (Å²) in [5.74, 6) is -1.90. The molecule has 1 fully saturated rings. The second-order valence-corrected chi connectivity index (χ2v) is 4.55. The van der Waals surface area contributed by atoms with Crippen molar-refractivity contribution in [2.75, 3.05) is 11.4 Å². The topological polar surface area (TPSA) is 106 Å². The van der Waals surface area contributed by atoms with E-state index in [4.69, 9.17) is 5.11 Å². The number of benzene rings is 1. The summed E-state index contributed by atoms with van der Waals surface area (Å²) in [5.41, 5.74) is 0.930. The Bertz CT molecular complexity index is 730. The van der Waals surface area contributed by atoms with Gasteiger partial charge in [0.15, 0.2) is 0 Å². The van der Waals surface area contributed by atoms with Gasteiger partial charge in [-0.3, -0.25) is 24.6 Å². The molecule has 2 heterocycles. The molecule has 3 N–H and O–H groups in total. The summed E-state index contributed by atoms with van der Waals surface area (Å²) in [4.78, 5) is 35.7. The van der Waals surface area contributed by atoms with Crippen molar-refractivity contribution in [3.05, 3.63) is 28.6 Å². The van der Waals surface area contributed by atoms with Crippen LogP contribution in [0.1, 0.15) is 6.42 Å². The van der Waals surface area contributed by atoms with E-state index in [-0.39, 0.29) is 24.4 Å². The minimum atomic E-state index is -0.976. The first-order valence-corrected chi connectivity index (χ1v) is 5.80. The monoisotopic (exact) mass is 261 g/mol. The van der Waals surface area contributed by atoms with Crippen molar-refractivity contribution in [2.45, 2.75) is 6.42 Å². The number of carboxylic acids is 1. The number of fused-ring (bicyclic) bond motifs is 1. The molecular weight excluding hydrogens is 250 g/mol. The fourth-order valence-electron chi connectivity index (χ4n) is 2.31. The van der Waals surface area contributed by atoms with Gasteiger partial charge in [-0.15, -0.1) is 0 Å². The van der Waals surface area contributed by atoms with Crippen molar-refractivity contribution in [1.82, 2.24) is 10.2 Å². The Morgan fingerprint density at radius 1 is 1.32 bits per heavy atom. The minimum absolute atomic E-state index is 0.00311. The van der Waals surface area contributed by atoms with Crippen LogP contribution in [0.5, 0.6) is 0 Å². The van der Waals surface area contributed by atoms with Crippen LogP contribution >= 0.6 is 0 Å². The summed E-state index contributed by atoms with van der Waals surface area (Å²) in [6.45, 7) is 0.141. The lowest BCUT2D eigenvalue weighted by Crippen LogP contribution is -2.25. The number of nitrogens with one attached hydrogen (secondary N) is 2. The van der Waals surface area contributed by atoms with Crippen molar-refractivity contribution < 1.29 is 14.7 Å². The Kier molecular flexibility index (Phi) is 2.41. The maximum absolute atomic E-state index is 11.8. The van der Waals surface area contributed by atoms with E-state index in [9.17, 15) is 14.4 Å². The van der Waals surface area contributed by atoms with Gasteiger partial charge >= 0.3 is 5.97 Å². The third-order valence-electron chi connectivity index (χ3n) is 3.34. The highest BCUT2D eigenvalue weighted by Gasteiger charge is 2.35. The van der Waals surface area contributed by atoms with E-state index >= 15 is 0 Å². The van der Waals surface area contributed by atoms with Crippen LogP contribution in [0, 0.1) is 5.92 Å². The maximum Gasteiger partial charge on any atom is 0.308 e. The first kappa shape index (κ1) is 11.5. The zero-order valence-electron chi connectivity index (χ0n) is 9.84. The Morgan fingerprint density at radius 2 is 2.11 bits per heavy atom. The molecule has 7 nitrogen and oxygen atoms in total. The quantitative estimate of drug-likeness (QED) is 0.722. The van der Waals surface area contributed by atoms with Gasteiger partial charge in [0.1, 0.15) is 0 Å². The predicted molar refractivity (Wildman–Crippen MR) is 67.0 cm³/mol. The number of aromatic nitrogens is 2. The number of amides is 1. The lowest BCUT2D eigenvalue weighted by Gasteiger charge is -2.15. The summed E-state index contributed by atoms with van der Waals surface area (Å²) in [6, 6.07) is 4.96. The summed E-state index contributed by atoms with van der Waals surface area (Å²) in [7, 11) is 0. The van der Waals surface area contributed by atoms with Crippen molar-refractivity contribution in [2.24, 2.45) is 5.92 Å². The highest BCUT2D eigenvalue weighted by atomic mass is 16.4. The van der Waals surface area contributed by atoms with Crippen LogP contribution in [-0.4, -0.2) is 33.7 Å². The molecule has 3 rings (SSSR count). The highest BCUT2D eigenvalue weighted by molar-refractivity contribution is 6.00. The van der Waals surface area contributed by atoms with Gasteiger partial charge in [0.05, 0.1) is 16.8 Å². The molecule has 7 heteroatoms. The molecule has 1 atom stereocenters. The average Bonchev–Trinajstić information content (AvgIpc) is 2.93. The van der Waals surface area contributed by atoms with Gasteiger partial charge in [0, 0.05) is 18.7 Å². The fourth-order valence-corrected chi connectivity index (χ4v) is 2.31. The van der Waals surface area contributed by atoms with Crippen LogP contribution in [-0.2, 0) is 9.59 Å². The predicted octanol–water partition coefficient (Wildman–Crippen LogP) is 0.294. The molecule has 0 aliphatic carbocycles. The first-order chi connectivity index (χ1) is 9.06. The fraction of sp³-hybridized carbons (Fsp3) is 0.250. The lowest BCUT2D eigenvalue weighted by atomic mass is 10.1. The highest BCUT2D eigenvalue weighted by Crippen LogP contribution is 2.26. The Morgan fingerprint density at radius 3 is 2.79 bits per heavy atom. The third kappa shape index (κ3) is 1.79. The van der Waals surface area contributed by atoms with Gasteiger partial charge in [-0.25, -0.2) is 0 Å². The first-order valence-electron chi connectivity index (χ1n) is 5.80. The van der Waals surface area contributed by atoms with E-state index in [1.165, 1.54) is 4.90 Å². The van der Waals surface area contributed by atoms with Gasteiger partial charge in [-0.05, 0) is 18.2 Å². The van der Waals surface area contributed by atoms with Gasteiger partial charge in [-0.2, -0.15) is 0 Å². The normalized spacial score (nSPS) is 19.3. The number of carboxylic acid groups (broad SMARTS) is 1. The molecule has 1 aromatic heterocycles. The van der Waals surface area contributed by atoms with Gasteiger partial charge in [0.25, 0.3) is 5.56 Å². The largest absolute Gasteiger partial charge is 0.481 e. The average molecular weight is 261 g/mol. The molecule has 2 aromatic rings. The molecule has 0 radical (unpaired) electrons. The van der Waals surface area contributed by atoms with E-state index in [1.807, 2.05) is 0 Å². The number of H-pyrrole nitrogens is 2. The Balaban J connectivity index is 2.00. The number of carbonyl (C=O) groups is 2. The molecule has 0 saturated carbocycles. The van der Waals surface area contributed by atoms with E-state index in [1.54, 1.807) is 18.2 Å². The smallest absolute Gasteiger partial charge is 0.308 e. The van der Waals surface area contributed by atoms with Crippen molar-refractivity contribution in [1.29, 1.82) is 0 Å². The molecule has 1 unspecified atom stereocenters. The number of anilines is 1. The standard InChI is InChI=1S/C12H11N3O4/c16-10-3-6(12(18)19)5-15(10)7-1-2-9-8(4-7)11(17)14-13-9/h1-2,4,6H,3,5H2,(H,18,19)(H2,13,14,17). The van der Waals surface area contributed by atoms with Crippen LogP contribution < -0.4 is 10.5 Å². The Hall–Kier alpha value is -2.57. The summed E-state index contributed by atoms with van der Waals surface area (Å²) < 4.78 is 0. The van der Waals surface area contributed by atoms with E-state index < -0.39 is 11.9 Å². The molecular formula is C12H11N3O4.